The van der Waals surface area contributed by atoms with E-state index in [1.54, 1.807) is 6.20 Å². The van der Waals surface area contributed by atoms with Gasteiger partial charge in [0.2, 0.25) is 5.88 Å². The molecule has 5 heteroatoms. The molecule has 98 valence electrons. The molecule has 19 heavy (non-hydrogen) atoms. The van der Waals surface area contributed by atoms with Gasteiger partial charge in [-0.15, -0.1) is 0 Å². The Morgan fingerprint density at radius 2 is 2.05 bits per heavy atom. The molecule has 0 radical (unpaired) electrons. The first kappa shape index (κ1) is 13.0. The lowest BCUT2D eigenvalue weighted by Gasteiger charge is -2.08. The van der Waals surface area contributed by atoms with Crippen LogP contribution >= 0.6 is 0 Å². The lowest BCUT2D eigenvalue weighted by molar-refractivity contribution is -0.136. The summed E-state index contributed by atoms with van der Waals surface area (Å²) < 4.78 is 5.20. The van der Waals surface area contributed by atoms with Gasteiger partial charge in [0.15, 0.2) is 5.82 Å². The third kappa shape index (κ3) is 3.28. The SMILES string of the molecule is COc1nc(-c2ccccc2)ncc1CCC(=O)O. The maximum Gasteiger partial charge on any atom is 0.303 e. The van der Waals surface area contributed by atoms with Gasteiger partial charge in [-0.1, -0.05) is 30.3 Å². The average Bonchev–Trinajstić information content (AvgIpc) is 2.45. The van der Waals surface area contributed by atoms with E-state index in [0.717, 1.165) is 5.56 Å². The maximum absolute atomic E-state index is 10.6. The quantitative estimate of drug-likeness (QED) is 0.889. The van der Waals surface area contributed by atoms with Crippen LogP contribution in [0.1, 0.15) is 12.0 Å². The molecule has 0 unspecified atom stereocenters. The van der Waals surface area contributed by atoms with Crippen LogP contribution in [0.4, 0.5) is 0 Å². The monoisotopic (exact) mass is 258 g/mol. The zero-order valence-corrected chi connectivity index (χ0v) is 10.5. The minimum absolute atomic E-state index is 0.0321. The smallest absolute Gasteiger partial charge is 0.303 e. The molecule has 0 saturated heterocycles. The van der Waals surface area contributed by atoms with Crippen molar-refractivity contribution in [2.24, 2.45) is 0 Å². The van der Waals surface area contributed by atoms with Gasteiger partial charge in [0, 0.05) is 23.7 Å². The van der Waals surface area contributed by atoms with E-state index in [0.29, 0.717) is 23.7 Å². The number of hydrogen-bond acceptors (Lipinski definition) is 4. The minimum atomic E-state index is -0.853. The zero-order valence-electron chi connectivity index (χ0n) is 10.5. The van der Waals surface area contributed by atoms with Crippen molar-refractivity contribution in [1.29, 1.82) is 0 Å². The Bertz CT molecular complexity index is 570. The number of ether oxygens (including phenoxy) is 1. The van der Waals surface area contributed by atoms with E-state index < -0.39 is 5.97 Å². The number of nitrogens with zero attached hydrogens (tertiary/aromatic N) is 2. The van der Waals surface area contributed by atoms with Crippen molar-refractivity contribution in [1.82, 2.24) is 9.97 Å². The number of rotatable bonds is 5. The summed E-state index contributed by atoms with van der Waals surface area (Å²) in [7, 11) is 1.52. The summed E-state index contributed by atoms with van der Waals surface area (Å²) in [5.74, 6) is 0.140. The van der Waals surface area contributed by atoms with Crippen molar-refractivity contribution in [2.45, 2.75) is 12.8 Å². The van der Waals surface area contributed by atoms with Crippen LogP contribution < -0.4 is 4.74 Å². The van der Waals surface area contributed by atoms with E-state index in [9.17, 15) is 4.79 Å². The number of carboxylic acids is 1. The van der Waals surface area contributed by atoms with Crippen LogP contribution in [0.5, 0.6) is 5.88 Å². The molecule has 5 nitrogen and oxygen atoms in total. The van der Waals surface area contributed by atoms with E-state index in [4.69, 9.17) is 9.84 Å². The van der Waals surface area contributed by atoms with Gasteiger partial charge in [0.05, 0.1) is 7.11 Å². The van der Waals surface area contributed by atoms with Crippen LogP contribution in [-0.4, -0.2) is 28.2 Å². The van der Waals surface area contributed by atoms with Crippen LogP contribution in [0.2, 0.25) is 0 Å². The van der Waals surface area contributed by atoms with Gasteiger partial charge < -0.3 is 9.84 Å². The van der Waals surface area contributed by atoms with Crippen LogP contribution in [0.3, 0.4) is 0 Å². The third-order valence-electron chi connectivity index (χ3n) is 2.66. The number of benzene rings is 1. The predicted molar refractivity (Wildman–Crippen MR) is 70.0 cm³/mol. The van der Waals surface area contributed by atoms with Crippen molar-refractivity contribution in [3.8, 4) is 17.3 Å². The fourth-order valence-electron chi connectivity index (χ4n) is 1.71. The summed E-state index contributed by atoms with van der Waals surface area (Å²) in [5, 5.41) is 8.69. The van der Waals surface area contributed by atoms with Crippen molar-refractivity contribution in [3.05, 3.63) is 42.1 Å². The molecule has 1 heterocycles. The van der Waals surface area contributed by atoms with Crippen molar-refractivity contribution in [3.63, 3.8) is 0 Å². The summed E-state index contributed by atoms with van der Waals surface area (Å²) in [6.07, 6.45) is 2.01. The molecule has 0 bridgehead atoms. The number of methoxy groups -OCH3 is 1. The van der Waals surface area contributed by atoms with Gasteiger partial charge in [-0.3, -0.25) is 4.79 Å². The van der Waals surface area contributed by atoms with E-state index in [1.807, 2.05) is 30.3 Å². The van der Waals surface area contributed by atoms with E-state index in [-0.39, 0.29) is 6.42 Å². The molecule has 1 aromatic heterocycles. The summed E-state index contributed by atoms with van der Waals surface area (Å²) in [6.45, 7) is 0. The second-order valence-corrected chi connectivity index (χ2v) is 3.99. The molecule has 0 aliphatic rings. The van der Waals surface area contributed by atoms with Crippen molar-refractivity contribution in [2.75, 3.05) is 7.11 Å². The maximum atomic E-state index is 10.6. The van der Waals surface area contributed by atoms with Crippen LogP contribution in [0.15, 0.2) is 36.5 Å². The fraction of sp³-hybridized carbons (Fsp3) is 0.214. The van der Waals surface area contributed by atoms with Gasteiger partial charge in [0.25, 0.3) is 0 Å². The first-order chi connectivity index (χ1) is 9.20. The fourth-order valence-corrected chi connectivity index (χ4v) is 1.71. The summed E-state index contributed by atoms with van der Waals surface area (Å²) in [6, 6.07) is 9.55. The first-order valence-corrected chi connectivity index (χ1v) is 5.88. The number of carbonyl (C=O) groups is 1. The molecule has 2 aromatic rings. The van der Waals surface area contributed by atoms with Gasteiger partial charge in [-0.25, -0.2) is 4.98 Å². The number of aliphatic carboxylic acids is 1. The molecule has 0 saturated carbocycles. The van der Waals surface area contributed by atoms with Crippen LogP contribution in [-0.2, 0) is 11.2 Å². The average molecular weight is 258 g/mol. The van der Waals surface area contributed by atoms with Gasteiger partial charge in [0.1, 0.15) is 0 Å². The summed E-state index contributed by atoms with van der Waals surface area (Å²) in [4.78, 5) is 19.1. The Morgan fingerprint density at radius 1 is 1.32 bits per heavy atom. The second-order valence-electron chi connectivity index (χ2n) is 3.99. The lowest BCUT2D eigenvalue weighted by Crippen LogP contribution is -2.03. The Labute approximate surface area is 110 Å². The van der Waals surface area contributed by atoms with Crippen molar-refractivity contribution < 1.29 is 14.6 Å². The molecular weight excluding hydrogens is 244 g/mol. The molecule has 1 N–H and O–H groups in total. The topological polar surface area (TPSA) is 72.3 Å². The number of carboxylic acid groups (broad SMARTS) is 1. The Kier molecular flexibility index (Phi) is 4.07. The number of aryl methyl sites for hydroxylation is 1. The molecule has 1 aromatic carbocycles. The molecule has 2 rings (SSSR count). The van der Waals surface area contributed by atoms with E-state index in [2.05, 4.69) is 9.97 Å². The first-order valence-electron chi connectivity index (χ1n) is 5.88. The molecule has 0 atom stereocenters. The molecule has 0 amide bonds. The molecule has 0 aliphatic heterocycles. The Balaban J connectivity index is 2.28. The number of hydrogen-bond donors (Lipinski definition) is 1. The Morgan fingerprint density at radius 3 is 2.68 bits per heavy atom. The predicted octanol–water partition coefficient (Wildman–Crippen LogP) is 2.17. The van der Waals surface area contributed by atoms with Gasteiger partial charge >= 0.3 is 5.97 Å². The highest BCUT2D eigenvalue weighted by Gasteiger charge is 2.10. The second kappa shape index (κ2) is 5.95. The van der Waals surface area contributed by atoms with Gasteiger partial charge in [-0.05, 0) is 6.42 Å². The van der Waals surface area contributed by atoms with E-state index in [1.165, 1.54) is 7.11 Å². The normalized spacial score (nSPS) is 10.2. The summed E-state index contributed by atoms with van der Waals surface area (Å²) in [5.41, 5.74) is 1.59. The highest BCUT2D eigenvalue weighted by Crippen LogP contribution is 2.21. The van der Waals surface area contributed by atoms with Crippen LogP contribution in [0.25, 0.3) is 11.4 Å². The Hall–Kier alpha value is -2.43. The lowest BCUT2D eigenvalue weighted by atomic mass is 10.1. The number of aromatic nitrogens is 2. The van der Waals surface area contributed by atoms with E-state index >= 15 is 0 Å². The standard InChI is InChI=1S/C14H14N2O3/c1-19-14-11(7-8-12(17)18)9-15-13(16-14)10-5-3-2-4-6-10/h2-6,9H,7-8H2,1H3,(H,17,18). The highest BCUT2D eigenvalue weighted by molar-refractivity contribution is 5.67. The summed E-state index contributed by atoms with van der Waals surface area (Å²) >= 11 is 0. The molecule has 0 fully saturated rings. The minimum Gasteiger partial charge on any atom is -0.481 e. The molecule has 0 aliphatic carbocycles. The molecular formula is C14H14N2O3. The largest absolute Gasteiger partial charge is 0.481 e. The van der Waals surface area contributed by atoms with Crippen LogP contribution in [0, 0.1) is 0 Å². The van der Waals surface area contributed by atoms with Gasteiger partial charge in [-0.2, -0.15) is 4.98 Å². The molecule has 0 spiro atoms. The van der Waals surface area contributed by atoms with Crippen molar-refractivity contribution >= 4 is 5.97 Å². The highest BCUT2D eigenvalue weighted by atomic mass is 16.5. The zero-order chi connectivity index (χ0) is 13.7. The third-order valence-corrected chi connectivity index (χ3v) is 2.66.